The van der Waals surface area contributed by atoms with E-state index >= 15 is 0 Å². The molecule has 0 saturated heterocycles. The standard InChI is InChI=1S/C18H18Cl2N2O2/c19-16-8-14(9-17(20)10-16)11-21-5-2-6-22-18(24)15-4-1-3-13(7-15)12-23/h1,3-4,7-10,12,21H,2,5-6,11H2,(H,22,24). The molecule has 0 aliphatic heterocycles. The fraction of sp³-hybridized carbons (Fsp3) is 0.222. The van der Waals surface area contributed by atoms with Crippen molar-refractivity contribution in [3.05, 3.63) is 69.2 Å². The van der Waals surface area contributed by atoms with Crippen LogP contribution in [0.5, 0.6) is 0 Å². The minimum atomic E-state index is -0.180. The van der Waals surface area contributed by atoms with Gasteiger partial charge in [-0.05, 0) is 48.9 Å². The summed E-state index contributed by atoms with van der Waals surface area (Å²) in [6.07, 6.45) is 1.51. The number of benzene rings is 2. The Morgan fingerprint density at radius 3 is 2.50 bits per heavy atom. The van der Waals surface area contributed by atoms with Crippen LogP contribution in [0.1, 0.15) is 32.7 Å². The first-order chi connectivity index (χ1) is 11.6. The van der Waals surface area contributed by atoms with Crippen molar-refractivity contribution in [3.63, 3.8) is 0 Å². The molecule has 0 aliphatic rings. The molecule has 0 saturated carbocycles. The molecule has 2 rings (SSSR count). The van der Waals surface area contributed by atoms with Crippen molar-refractivity contribution in [2.45, 2.75) is 13.0 Å². The van der Waals surface area contributed by atoms with Crippen LogP contribution in [0.4, 0.5) is 0 Å². The van der Waals surface area contributed by atoms with Crippen molar-refractivity contribution in [3.8, 4) is 0 Å². The fourth-order valence-corrected chi connectivity index (χ4v) is 2.79. The van der Waals surface area contributed by atoms with E-state index in [1.54, 1.807) is 30.3 Å². The number of nitrogens with one attached hydrogen (secondary N) is 2. The fourth-order valence-electron chi connectivity index (χ4n) is 2.22. The highest BCUT2D eigenvalue weighted by atomic mass is 35.5. The summed E-state index contributed by atoms with van der Waals surface area (Å²) < 4.78 is 0. The molecule has 6 heteroatoms. The molecule has 2 aromatic carbocycles. The van der Waals surface area contributed by atoms with Crippen LogP contribution >= 0.6 is 23.2 Å². The van der Waals surface area contributed by atoms with Crippen LogP contribution in [0.2, 0.25) is 10.0 Å². The van der Waals surface area contributed by atoms with Crippen LogP contribution in [0, 0.1) is 0 Å². The zero-order valence-corrected chi connectivity index (χ0v) is 14.5. The lowest BCUT2D eigenvalue weighted by Gasteiger charge is -2.08. The molecule has 0 aromatic heterocycles. The number of halogens is 2. The molecule has 0 spiro atoms. The Bertz CT molecular complexity index is 700. The smallest absolute Gasteiger partial charge is 0.251 e. The van der Waals surface area contributed by atoms with Crippen molar-refractivity contribution in [1.82, 2.24) is 10.6 Å². The number of aldehydes is 1. The third kappa shape index (κ3) is 5.96. The topological polar surface area (TPSA) is 58.2 Å². The van der Waals surface area contributed by atoms with E-state index in [0.717, 1.165) is 24.8 Å². The number of hydrogen-bond acceptors (Lipinski definition) is 3. The first-order valence-corrected chi connectivity index (χ1v) is 8.33. The lowest BCUT2D eigenvalue weighted by Crippen LogP contribution is -2.27. The summed E-state index contributed by atoms with van der Waals surface area (Å²) in [5.74, 6) is -0.180. The Labute approximate surface area is 151 Å². The Morgan fingerprint density at radius 2 is 1.79 bits per heavy atom. The van der Waals surface area contributed by atoms with Gasteiger partial charge in [0.05, 0.1) is 0 Å². The summed E-state index contributed by atoms with van der Waals surface area (Å²) in [6.45, 7) is 1.96. The van der Waals surface area contributed by atoms with Crippen LogP contribution in [0.3, 0.4) is 0 Å². The monoisotopic (exact) mass is 364 g/mol. The molecular formula is C18H18Cl2N2O2. The van der Waals surface area contributed by atoms with Crippen molar-refractivity contribution in [2.75, 3.05) is 13.1 Å². The highest BCUT2D eigenvalue weighted by molar-refractivity contribution is 6.34. The first-order valence-electron chi connectivity index (χ1n) is 7.57. The first kappa shape index (κ1) is 18.5. The molecule has 0 bridgehead atoms. The minimum absolute atomic E-state index is 0.180. The number of hydrogen-bond donors (Lipinski definition) is 2. The van der Waals surface area contributed by atoms with Gasteiger partial charge in [-0.1, -0.05) is 35.3 Å². The third-order valence-electron chi connectivity index (χ3n) is 3.35. The second-order valence-corrected chi connectivity index (χ2v) is 6.18. The van der Waals surface area contributed by atoms with E-state index < -0.39 is 0 Å². The highest BCUT2D eigenvalue weighted by Crippen LogP contribution is 2.18. The molecule has 2 N–H and O–H groups in total. The van der Waals surface area contributed by atoms with E-state index in [0.29, 0.717) is 34.3 Å². The third-order valence-corrected chi connectivity index (χ3v) is 3.79. The number of carbonyl (C=O) groups excluding carboxylic acids is 2. The summed E-state index contributed by atoms with van der Waals surface area (Å²) in [4.78, 5) is 22.7. The van der Waals surface area contributed by atoms with Crippen LogP contribution in [0.25, 0.3) is 0 Å². The largest absolute Gasteiger partial charge is 0.352 e. The van der Waals surface area contributed by atoms with Gasteiger partial charge in [0, 0.05) is 34.3 Å². The minimum Gasteiger partial charge on any atom is -0.352 e. The second kappa shape index (κ2) is 9.42. The van der Waals surface area contributed by atoms with Crippen LogP contribution in [0.15, 0.2) is 42.5 Å². The average molecular weight is 365 g/mol. The molecule has 0 fully saturated rings. The van der Waals surface area contributed by atoms with Crippen molar-refractivity contribution >= 4 is 35.4 Å². The van der Waals surface area contributed by atoms with Crippen molar-refractivity contribution in [1.29, 1.82) is 0 Å². The van der Waals surface area contributed by atoms with Gasteiger partial charge in [-0.25, -0.2) is 0 Å². The van der Waals surface area contributed by atoms with E-state index in [9.17, 15) is 9.59 Å². The molecule has 1 amide bonds. The van der Waals surface area contributed by atoms with E-state index in [2.05, 4.69) is 10.6 Å². The summed E-state index contributed by atoms with van der Waals surface area (Å²) in [5.41, 5.74) is 1.99. The van der Waals surface area contributed by atoms with Crippen LogP contribution in [-0.2, 0) is 6.54 Å². The zero-order chi connectivity index (χ0) is 17.4. The normalized spacial score (nSPS) is 10.4. The summed E-state index contributed by atoms with van der Waals surface area (Å²) in [7, 11) is 0. The van der Waals surface area contributed by atoms with Gasteiger partial charge < -0.3 is 10.6 Å². The van der Waals surface area contributed by atoms with Gasteiger partial charge >= 0.3 is 0 Å². The molecule has 0 atom stereocenters. The summed E-state index contributed by atoms with van der Waals surface area (Å²) >= 11 is 11.9. The maximum absolute atomic E-state index is 12.0. The van der Waals surface area contributed by atoms with Crippen LogP contribution < -0.4 is 10.6 Å². The number of carbonyl (C=O) groups is 2. The quantitative estimate of drug-likeness (QED) is 0.554. The SMILES string of the molecule is O=Cc1cccc(C(=O)NCCCNCc2cc(Cl)cc(Cl)c2)c1. The van der Waals surface area contributed by atoms with E-state index in [-0.39, 0.29) is 5.91 Å². The predicted molar refractivity (Wildman–Crippen MR) is 96.9 cm³/mol. The van der Waals surface area contributed by atoms with Gasteiger partial charge in [0.25, 0.3) is 5.91 Å². The molecule has 0 heterocycles. The van der Waals surface area contributed by atoms with Gasteiger partial charge in [0.2, 0.25) is 0 Å². The lowest BCUT2D eigenvalue weighted by molar-refractivity contribution is 0.0953. The Hall–Kier alpha value is -1.88. The van der Waals surface area contributed by atoms with E-state index in [1.807, 2.05) is 12.1 Å². The Morgan fingerprint density at radius 1 is 1.04 bits per heavy atom. The van der Waals surface area contributed by atoms with Gasteiger partial charge in [-0.15, -0.1) is 0 Å². The molecule has 24 heavy (non-hydrogen) atoms. The van der Waals surface area contributed by atoms with E-state index in [4.69, 9.17) is 23.2 Å². The maximum Gasteiger partial charge on any atom is 0.251 e. The number of rotatable bonds is 8. The Kier molecular flexibility index (Phi) is 7.25. The summed E-state index contributed by atoms with van der Waals surface area (Å²) in [6, 6.07) is 12.0. The molecule has 126 valence electrons. The van der Waals surface area contributed by atoms with Gasteiger partial charge in [-0.3, -0.25) is 9.59 Å². The second-order valence-electron chi connectivity index (χ2n) is 5.31. The summed E-state index contributed by atoms with van der Waals surface area (Å²) in [5, 5.41) is 7.33. The van der Waals surface area contributed by atoms with Gasteiger partial charge in [0.1, 0.15) is 6.29 Å². The zero-order valence-electron chi connectivity index (χ0n) is 13.0. The molecule has 0 aliphatic carbocycles. The van der Waals surface area contributed by atoms with Gasteiger partial charge in [0.15, 0.2) is 0 Å². The molecule has 4 nitrogen and oxygen atoms in total. The average Bonchev–Trinajstić information content (AvgIpc) is 2.57. The lowest BCUT2D eigenvalue weighted by atomic mass is 10.1. The van der Waals surface area contributed by atoms with Gasteiger partial charge in [-0.2, -0.15) is 0 Å². The highest BCUT2D eigenvalue weighted by Gasteiger charge is 2.05. The molecule has 0 unspecified atom stereocenters. The molecule has 0 radical (unpaired) electrons. The number of amides is 1. The maximum atomic E-state index is 12.0. The Balaban J connectivity index is 1.67. The van der Waals surface area contributed by atoms with Crippen LogP contribution in [-0.4, -0.2) is 25.3 Å². The van der Waals surface area contributed by atoms with E-state index in [1.165, 1.54) is 0 Å². The van der Waals surface area contributed by atoms with Crippen molar-refractivity contribution in [2.24, 2.45) is 0 Å². The van der Waals surface area contributed by atoms with Crippen molar-refractivity contribution < 1.29 is 9.59 Å². The molecular weight excluding hydrogens is 347 g/mol. The molecule has 2 aromatic rings. The predicted octanol–water partition coefficient (Wildman–Crippen LogP) is 3.72.